The number of piperidine rings is 1. The number of amides is 1. The molecule has 2 heterocycles. The van der Waals surface area contributed by atoms with Crippen LogP contribution in [0.2, 0.25) is 5.02 Å². The van der Waals surface area contributed by atoms with Gasteiger partial charge in [-0.1, -0.05) is 11.6 Å². The molecule has 1 amide bonds. The zero-order valence-corrected chi connectivity index (χ0v) is 14.2. The molecular formula is C16H20ClNO3S. The fourth-order valence-electron chi connectivity index (χ4n) is 2.99. The van der Waals surface area contributed by atoms with Crippen LogP contribution in [0, 0.1) is 5.92 Å². The molecular weight excluding hydrogens is 322 g/mol. The lowest BCUT2D eigenvalue weighted by molar-refractivity contribution is -0.0956. The Hall–Kier alpha value is -0.750. The highest BCUT2D eigenvalue weighted by molar-refractivity contribution is 7.98. The lowest BCUT2D eigenvalue weighted by atomic mass is 9.95. The summed E-state index contributed by atoms with van der Waals surface area (Å²) in [7, 11) is 0. The number of benzene rings is 1. The van der Waals surface area contributed by atoms with Crippen LogP contribution in [-0.4, -0.2) is 49.7 Å². The van der Waals surface area contributed by atoms with Crippen molar-refractivity contribution in [2.45, 2.75) is 24.0 Å². The van der Waals surface area contributed by atoms with Crippen LogP contribution in [-0.2, 0) is 9.47 Å². The monoisotopic (exact) mass is 341 g/mol. The predicted molar refractivity (Wildman–Crippen MR) is 87.6 cm³/mol. The first-order chi connectivity index (χ1) is 10.7. The molecule has 3 rings (SSSR count). The maximum Gasteiger partial charge on any atom is 0.255 e. The molecule has 2 aliphatic rings. The Labute approximate surface area is 140 Å². The van der Waals surface area contributed by atoms with E-state index in [0.29, 0.717) is 29.7 Å². The molecule has 2 aliphatic heterocycles. The van der Waals surface area contributed by atoms with Crippen LogP contribution >= 0.6 is 23.4 Å². The summed E-state index contributed by atoms with van der Waals surface area (Å²) in [4.78, 5) is 15.6. The maximum atomic E-state index is 12.7. The summed E-state index contributed by atoms with van der Waals surface area (Å²) in [5.74, 6) is 0.409. The first kappa shape index (κ1) is 16.1. The number of hydrogen-bond acceptors (Lipinski definition) is 4. The normalized spacial score (nSPS) is 20.5. The number of nitrogens with zero attached hydrogens (tertiary/aromatic N) is 1. The molecule has 1 aromatic carbocycles. The summed E-state index contributed by atoms with van der Waals surface area (Å²) in [6.45, 7) is 2.82. The minimum Gasteiger partial charge on any atom is -0.350 e. The molecule has 0 saturated carbocycles. The quantitative estimate of drug-likeness (QED) is 0.791. The lowest BCUT2D eigenvalue weighted by Gasteiger charge is -2.34. The second-order valence-corrected chi connectivity index (χ2v) is 6.87. The van der Waals surface area contributed by atoms with Crippen molar-refractivity contribution in [3.63, 3.8) is 0 Å². The number of thioether (sulfide) groups is 1. The molecule has 0 aromatic heterocycles. The van der Waals surface area contributed by atoms with Gasteiger partial charge in [-0.05, 0) is 37.3 Å². The molecule has 120 valence electrons. The fourth-order valence-corrected chi connectivity index (χ4v) is 3.63. The van der Waals surface area contributed by atoms with Gasteiger partial charge >= 0.3 is 0 Å². The fraction of sp³-hybridized carbons (Fsp3) is 0.562. The van der Waals surface area contributed by atoms with E-state index in [4.69, 9.17) is 21.1 Å². The van der Waals surface area contributed by atoms with Crippen molar-refractivity contribution in [2.24, 2.45) is 5.92 Å². The van der Waals surface area contributed by atoms with Gasteiger partial charge in [0.2, 0.25) is 0 Å². The van der Waals surface area contributed by atoms with Gasteiger partial charge in [0.1, 0.15) is 0 Å². The van der Waals surface area contributed by atoms with E-state index in [2.05, 4.69) is 0 Å². The molecule has 4 nitrogen and oxygen atoms in total. The van der Waals surface area contributed by atoms with Crippen molar-refractivity contribution in [3.8, 4) is 0 Å². The molecule has 0 aliphatic carbocycles. The number of carbonyl (C=O) groups is 1. The van der Waals surface area contributed by atoms with Gasteiger partial charge in [0.15, 0.2) is 6.29 Å². The molecule has 2 saturated heterocycles. The third-order valence-electron chi connectivity index (χ3n) is 4.26. The number of rotatable bonds is 3. The smallest absolute Gasteiger partial charge is 0.255 e. The number of likely N-dealkylation sites (tertiary alicyclic amines) is 1. The van der Waals surface area contributed by atoms with E-state index >= 15 is 0 Å². The predicted octanol–water partition coefficient (Wildman–Crippen LogP) is 3.29. The first-order valence-electron chi connectivity index (χ1n) is 7.55. The Kier molecular flexibility index (Phi) is 5.29. The van der Waals surface area contributed by atoms with Gasteiger partial charge in [-0.3, -0.25) is 4.79 Å². The van der Waals surface area contributed by atoms with E-state index in [9.17, 15) is 4.79 Å². The molecule has 0 radical (unpaired) electrons. The minimum absolute atomic E-state index is 0.0209. The third kappa shape index (κ3) is 3.43. The van der Waals surface area contributed by atoms with Crippen molar-refractivity contribution in [1.29, 1.82) is 0 Å². The van der Waals surface area contributed by atoms with Crippen molar-refractivity contribution >= 4 is 29.3 Å². The van der Waals surface area contributed by atoms with Gasteiger partial charge in [0.25, 0.3) is 5.91 Å². The minimum atomic E-state index is -0.0827. The average molecular weight is 342 g/mol. The molecule has 22 heavy (non-hydrogen) atoms. The first-order valence-corrected chi connectivity index (χ1v) is 9.15. The Morgan fingerprint density at radius 2 is 1.95 bits per heavy atom. The van der Waals surface area contributed by atoms with Crippen molar-refractivity contribution < 1.29 is 14.3 Å². The van der Waals surface area contributed by atoms with E-state index in [1.807, 2.05) is 23.3 Å². The average Bonchev–Trinajstić information content (AvgIpc) is 3.09. The van der Waals surface area contributed by atoms with Crippen LogP contribution < -0.4 is 0 Å². The number of hydrogen-bond donors (Lipinski definition) is 0. The largest absolute Gasteiger partial charge is 0.350 e. The summed E-state index contributed by atoms with van der Waals surface area (Å²) in [6, 6.07) is 5.61. The molecule has 1 aromatic rings. The highest BCUT2D eigenvalue weighted by Crippen LogP contribution is 2.29. The van der Waals surface area contributed by atoms with Gasteiger partial charge in [-0.15, -0.1) is 11.8 Å². The number of carbonyl (C=O) groups excluding carboxylic acids is 1. The van der Waals surface area contributed by atoms with Crippen LogP contribution in [0.1, 0.15) is 23.2 Å². The molecule has 2 fully saturated rings. The lowest BCUT2D eigenvalue weighted by Crippen LogP contribution is -2.41. The van der Waals surface area contributed by atoms with Gasteiger partial charge in [-0.2, -0.15) is 0 Å². The summed E-state index contributed by atoms with van der Waals surface area (Å²) in [6.07, 6.45) is 3.73. The van der Waals surface area contributed by atoms with Gasteiger partial charge in [0, 0.05) is 23.9 Å². The van der Waals surface area contributed by atoms with Gasteiger partial charge in [-0.25, -0.2) is 0 Å². The van der Waals surface area contributed by atoms with E-state index in [-0.39, 0.29) is 12.2 Å². The summed E-state index contributed by atoms with van der Waals surface area (Å²) in [5.41, 5.74) is 0.598. The number of ether oxygens (including phenoxy) is 2. The Balaban J connectivity index is 1.64. The Morgan fingerprint density at radius 3 is 2.59 bits per heavy atom. The third-order valence-corrected chi connectivity index (χ3v) is 5.32. The van der Waals surface area contributed by atoms with Gasteiger partial charge in [0.05, 0.1) is 23.8 Å². The summed E-state index contributed by atoms with van der Waals surface area (Å²) >= 11 is 7.81. The molecule has 0 spiro atoms. The van der Waals surface area contributed by atoms with E-state index in [1.54, 1.807) is 17.8 Å². The van der Waals surface area contributed by atoms with Crippen LogP contribution in [0.25, 0.3) is 0 Å². The SMILES string of the molecule is CSc1ccc(Cl)c(C(=O)N2CCC(C3OCCO3)CC2)c1. The maximum absolute atomic E-state index is 12.7. The highest BCUT2D eigenvalue weighted by Gasteiger charge is 2.32. The van der Waals surface area contributed by atoms with Crippen LogP contribution in [0.15, 0.2) is 23.1 Å². The van der Waals surface area contributed by atoms with Crippen molar-refractivity contribution in [2.75, 3.05) is 32.6 Å². The summed E-state index contributed by atoms with van der Waals surface area (Å²) in [5, 5.41) is 0.521. The molecule has 0 unspecified atom stereocenters. The molecule has 0 atom stereocenters. The summed E-state index contributed by atoms with van der Waals surface area (Å²) < 4.78 is 11.1. The molecule has 0 bridgehead atoms. The Morgan fingerprint density at radius 1 is 1.27 bits per heavy atom. The second-order valence-electron chi connectivity index (χ2n) is 5.59. The van der Waals surface area contributed by atoms with Crippen LogP contribution in [0.3, 0.4) is 0 Å². The van der Waals surface area contributed by atoms with Crippen molar-refractivity contribution in [3.05, 3.63) is 28.8 Å². The zero-order chi connectivity index (χ0) is 15.5. The zero-order valence-electron chi connectivity index (χ0n) is 12.6. The van der Waals surface area contributed by atoms with E-state index in [0.717, 1.165) is 30.8 Å². The number of halogens is 1. The Bertz CT molecular complexity index is 540. The standard InChI is InChI=1S/C16H20ClNO3S/c1-22-12-2-3-14(17)13(10-12)15(19)18-6-4-11(5-7-18)16-20-8-9-21-16/h2-3,10-11,16H,4-9H2,1H3. The van der Waals surface area contributed by atoms with E-state index < -0.39 is 0 Å². The topological polar surface area (TPSA) is 38.8 Å². The van der Waals surface area contributed by atoms with Crippen molar-refractivity contribution in [1.82, 2.24) is 4.90 Å². The van der Waals surface area contributed by atoms with E-state index in [1.165, 1.54) is 0 Å². The highest BCUT2D eigenvalue weighted by atomic mass is 35.5. The molecule has 6 heteroatoms. The molecule has 0 N–H and O–H groups in total. The van der Waals surface area contributed by atoms with Crippen LogP contribution in [0.5, 0.6) is 0 Å². The van der Waals surface area contributed by atoms with Crippen LogP contribution in [0.4, 0.5) is 0 Å². The second kappa shape index (κ2) is 7.21. The van der Waals surface area contributed by atoms with Gasteiger partial charge < -0.3 is 14.4 Å².